The van der Waals surface area contributed by atoms with Gasteiger partial charge in [-0.3, -0.25) is 19.1 Å². The molecule has 0 atom stereocenters. The first-order valence-electron chi connectivity index (χ1n) is 11.7. The van der Waals surface area contributed by atoms with Crippen LogP contribution < -0.4 is 16.6 Å². The van der Waals surface area contributed by atoms with Gasteiger partial charge in [-0.1, -0.05) is 27.2 Å². The maximum Gasteiger partial charge on any atom is 0.330 e. The molecule has 0 aliphatic heterocycles. The quantitative estimate of drug-likeness (QED) is 0.389. The van der Waals surface area contributed by atoms with E-state index in [4.69, 9.17) is 4.42 Å². The summed E-state index contributed by atoms with van der Waals surface area (Å²) in [4.78, 5) is 49.2. The fourth-order valence-corrected chi connectivity index (χ4v) is 4.06. The smallest absolute Gasteiger partial charge is 0.330 e. The number of amides is 1. The fourth-order valence-electron chi connectivity index (χ4n) is 4.06. The monoisotopic (exact) mass is 466 g/mol. The Balaban J connectivity index is 1.60. The summed E-state index contributed by atoms with van der Waals surface area (Å²) in [5, 5.41) is 2.89. The van der Waals surface area contributed by atoms with E-state index >= 15 is 0 Å². The Hall–Kier alpha value is -3.69. The third-order valence-electron chi connectivity index (χ3n) is 5.60. The first-order valence-corrected chi connectivity index (χ1v) is 11.7. The highest BCUT2D eigenvalue weighted by Crippen LogP contribution is 2.20. The maximum absolute atomic E-state index is 12.7. The number of aryl methyl sites for hydroxylation is 3. The van der Waals surface area contributed by atoms with Crippen molar-refractivity contribution in [3.8, 4) is 0 Å². The molecule has 10 nitrogen and oxygen atoms in total. The fraction of sp³-hybridized carbons (Fsp3) is 0.458. The van der Waals surface area contributed by atoms with Crippen LogP contribution in [0.15, 0.2) is 32.2 Å². The van der Waals surface area contributed by atoms with Crippen LogP contribution in [0, 0.1) is 12.8 Å². The maximum atomic E-state index is 12.7. The molecule has 0 saturated heterocycles. The molecule has 4 rings (SSSR count). The number of benzene rings is 1. The standard InChI is InChI=1S/C24H30N6O4/c1-5-6-11-29-22-21(23(32)28-24(29)33)30(13-14(2)3)19(27-22)9-10-20(31)26-16-7-8-18-17(12-16)25-15(4)34-18/h7-8,12,14H,5-6,9-11,13H2,1-4H3,(H,26,31)(H,28,32,33). The average molecular weight is 467 g/mol. The minimum Gasteiger partial charge on any atom is -0.441 e. The minimum absolute atomic E-state index is 0.175. The molecule has 180 valence electrons. The topological polar surface area (TPSA) is 128 Å². The average Bonchev–Trinajstić information content (AvgIpc) is 3.31. The zero-order valence-corrected chi connectivity index (χ0v) is 20.0. The van der Waals surface area contributed by atoms with Crippen molar-refractivity contribution in [1.82, 2.24) is 24.1 Å². The van der Waals surface area contributed by atoms with Crippen LogP contribution in [0.5, 0.6) is 0 Å². The Labute approximate surface area is 196 Å². The number of hydrogen-bond donors (Lipinski definition) is 2. The number of hydrogen-bond acceptors (Lipinski definition) is 6. The van der Waals surface area contributed by atoms with Crippen LogP contribution in [0.25, 0.3) is 22.3 Å². The molecule has 0 saturated carbocycles. The molecule has 1 aromatic carbocycles. The molecule has 0 aliphatic rings. The van der Waals surface area contributed by atoms with Gasteiger partial charge in [0.15, 0.2) is 22.6 Å². The molecular weight excluding hydrogens is 436 g/mol. The molecule has 0 radical (unpaired) electrons. The summed E-state index contributed by atoms with van der Waals surface area (Å²) in [5.41, 5.74) is 1.83. The van der Waals surface area contributed by atoms with Crippen molar-refractivity contribution < 1.29 is 9.21 Å². The van der Waals surface area contributed by atoms with E-state index in [9.17, 15) is 14.4 Å². The van der Waals surface area contributed by atoms with Gasteiger partial charge in [0.25, 0.3) is 5.56 Å². The number of nitrogens with zero attached hydrogens (tertiary/aromatic N) is 4. The Morgan fingerprint density at radius 1 is 1.21 bits per heavy atom. The van der Waals surface area contributed by atoms with Crippen molar-refractivity contribution in [2.24, 2.45) is 5.92 Å². The zero-order valence-electron chi connectivity index (χ0n) is 20.0. The molecule has 10 heteroatoms. The highest BCUT2D eigenvalue weighted by Gasteiger charge is 2.20. The molecule has 0 fully saturated rings. The van der Waals surface area contributed by atoms with Crippen LogP contribution in [0.1, 0.15) is 51.7 Å². The van der Waals surface area contributed by atoms with E-state index in [0.29, 0.717) is 59.2 Å². The SMILES string of the molecule is CCCCn1c(=O)[nH]c(=O)c2c1nc(CCC(=O)Nc1ccc3oc(C)nc3c1)n2CC(C)C. The van der Waals surface area contributed by atoms with Gasteiger partial charge in [0.05, 0.1) is 0 Å². The van der Waals surface area contributed by atoms with Gasteiger partial charge >= 0.3 is 5.69 Å². The van der Waals surface area contributed by atoms with Gasteiger partial charge in [-0.05, 0) is 30.5 Å². The lowest BCUT2D eigenvalue weighted by Crippen LogP contribution is -2.31. The van der Waals surface area contributed by atoms with E-state index in [1.54, 1.807) is 25.1 Å². The van der Waals surface area contributed by atoms with E-state index in [2.05, 4.69) is 20.3 Å². The molecular formula is C24H30N6O4. The number of carbonyl (C=O) groups excluding carboxylic acids is 1. The van der Waals surface area contributed by atoms with Crippen molar-refractivity contribution >= 4 is 33.9 Å². The normalized spacial score (nSPS) is 11.7. The van der Waals surface area contributed by atoms with Crippen LogP contribution in [-0.4, -0.2) is 30.0 Å². The number of H-pyrrole nitrogens is 1. The van der Waals surface area contributed by atoms with Crippen LogP contribution >= 0.6 is 0 Å². The number of aromatic nitrogens is 5. The molecule has 3 heterocycles. The first kappa shape index (κ1) is 23.5. The predicted molar refractivity (Wildman–Crippen MR) is 130 cm³/mol. The summed E-state index contributed by atoms with van der Waals surface area (Å²) < 4.78 is 8.84. The number of oxazole rings is 1. The second kappa shape index (κ2) is 9.66. The van der Waals surface area contributed by atoms with Crippen molar-refractivity contribution in [3.05, 3.63) is 50.8 Å². The molecule has 2 N–H and O–H groups in total. The Morgan fingerprint density at radius 3 is 2.74 bits per heavy atom. The molecule has 0 aliphatic carbocycles. The predicted octanol–water partition coefficient (Wildman–Crippen LogP) is 3.36. The molecule has 34 heavy (non-hydrogen) atoms. The molecule has 0 spiro atoms. The van der Waals surface area contributed by atoms with Gasteiger partial charge in [0, 0.05) is 38.5 Å². The van der Waals surface area contributed by atoms with Gasteiger partial charge in [-0.15, -0.1) is 0 Å². The van der Waals surface area contributed by atoms with Gasteiger partial charge in [-0.2, -0.15) is 0 Å². The van der Waals surface area contributed by atoms with E-state index in [0.717, 1.165) is 12.8 Å². The zero-order chi connectivity index (χ0) is 24.4. The van der Waals surface area contributed by atoms with E-state index in [1.807, 2.05) is 25.3 Å². The number of anilines is 1. The molecule has 4 aromatic rings. The van der Waals surface area contributed by atoms with Crippen molar-refractivity contribution in [2.75, 3.05) is 5.32 Å². The lowest BCUT2D eigenvalue weighted by Gasteiger charge is -2.11. The highest BCUT2D eigenvalue weighted by atomic mass is 16.3. The van der Waals surface area contributed by atoms with E-state index in [1.165, 1.54) is 4.57 Å². The van der Waals surface area contributed by atoms with Gasteiger partial charge in [-0.25, -0.2) is 14.8 Å². The first-order chi connectivity index (χ1) is 16.3. The van der Waals surface area contributed by atoms with Gasteiger partial charge < -0.3 is 14.3 Å². The number of carbonyl (C=O) groups is 1. The summed E-state index contributed by atoms with van der Waals surface area (Å²) >= 11 is 0. The summed E-state index contributed by atoms with van der Waals surface area (Å²) in [6.45, 7) is 8.94. The summed E-state index contributed by atoms with van der Waals surface area (Å²) in [5.74, 6) is 1.25. The molecule has 3 aromatic heterocycles. The lowest BCUT2D eigenvalue weighted by atomic mass is 10.2. The molecule has 1 amide bonds. The van der Waals surface area contributed by atoms with E-state index < -0.39 is 11.2 Å². The number of fused-ring (bicyclic) bond motifs is 2. The third kappa shape index (κ3) is 4.80. The van der Waals surface area contributed by atoms with Gasteiger partial charge in [0.1, 0.15) is 11.3 Å². The number of imidazole rings is 1. The largest absolute Gasteiger partial charge is 0.441 e. The van der Waals surface area contributed by atoms with Crippen molar-refractivity contribution in [1.29, 1.82) is 0 Å². The Morgan fingerprint density at radius 2 is 2.00 bits per heavy atom. The summed E-state index contributed by atoms with van der Waals surface area (Å²) in [7, 11) is 0. The van der Waals surface area contributed by atoms with E-state index in [-0.39, 0.29) is 18.2 Å². The van der Waals surface area contributed by atoms with Crippen molar-refractivity contribution in [2.45, 2.75) is 66.5 Å². The second-order valence-corrected chi connectivity index (χ2v) is 8.93. The highest BCUT2D eigenvalue weighted by molar-refractivity contribution is 5.92. The summed E-state index contributed by atoms with van der Waals surface area (Å²) in [6, 6.07) is 5.31. The molecule has 0 unspecified atom stereocenters. The number of nitrogens with one attached hydrogen (secondary N) is 2. The van der Waals surface area contributed by atoms with Crippen LogP contribution in [0.3, 0.4) is 0 Å². The Kier molecular flexibility index (Phi) is 6.67. The van der Waals surface area contributed by atoms with Crippen LogP contribution in [-0.2, 0) is 24.3 Å². The Bertz CT molecular complexity index is 1460. The number of aromatic amines is 1. The van der Waals surface area contributed by atoms with Crippen LogP contribution in [0.2, 0.25) is 0 Å². The second-order valence-electron chi connectivity index (χ2n) is 8.93. The van der Waals surface area contributed by atoms with Crippen molar-refractivity contribution in [3.63, 3.8) is 0 Å². The lowest BCUT2D eigenvalue weighted by molar-refractivity contribution is -0.116. The number of unbranched alkanes of at least 4 members (excludes halogenated alkanes) is 1. The minimum atomic E-state index is -0.456. The van der Waals surface area contributed by atoms with Gasteiger partial charge in [0.2, 0.25) is 5.91 Å². The summed E-state index contributed by atoms with van der Waals surface area (Å²) in [6.07, 6.45) is 2.21. The number of rotatable bonds is 9. The van der Waals surface area contributed by atoms with Crippen LogP contribution in [0.4, 0.5) is 5.69 Å². The molecule has 0 bridgehead atoms. The third-order valence-corrected chi connectivity index (χ3v) is 5.60.